The molecule has 0 amide bonds. The molecule has 132 valence electrons. The van der Waals surface area contributed by atoms with Gasteiger partial charge in [0.1, 0.15) is 5.82 Å². The molecule has 3 heterocycles. The van der Waals surface area contributed by atoms with Crippen LogP contribution in [0, 0.1) is 0 Å². The average Bonchev–Trinajstić information content (AvgIpc) is 3.17. The van der Waals surface area contributed by atoms with Gasteiger partial charge in [0, 0.05) is 26.0 Å². The lowest BCUT2D eigenvalue weighted by Gasteiger charge is -2.26. The maximum absolute atomic E-state index is 12.4. The summed E-state index contributed by atoms with van der Waals surface area (Å²) in [4.78, 5) is 4.14. The van der Waals surface area contributed by atoms with Crippen molar-refractivity contribution in [3.63, 3.8) is 0 Å². The number of hydrogen-bond donors (Lipinski definition) is 1. The van der Waals surface area contributed by atoms with Crippen LogP contribution in [-0.4, -0.2) is 49.5 Å². The fraction of sp³-hybridized carbons (Fsp3) is 0.600. The van der Waals surface area contributed by atoms with E-state index in [1.165, 1.54) is 4.31 Å². The highest BCUT2D eigenvalue weighted by atomic mass is 32.2. The van der Waals surface area contributed by atoms with Crippen molar-refractivity contribution in [2.45, 2.75) is 39.0 Å². The summed E-state index contributed by atoms with van der Waals surface area (Å²) in [7, 11) is -1.43. The molecule has 3 rings (SSSR count). The molecule has 0 radical (unpaired) electrons. The molecular formula is C15H23N5O3S. The molecule has 0 aliphatic carbocycles. The third-order valence-corrected chi connectivity index (χ3v) is 6.22. The first-order valence-corrected chi connectivity index (χ1v) is 9.73. The number of aliphatic hydroxyl groups excluding tert-OH is 1. The summed E-state index contributed by atoms with van der Waals surface area (Å²) >= 11 is 0. The van der Waals surface area contributed by atoms with Crippen molar-refractivity contribution in [1.82, 2.24) is 23.6 Å². The van der Waals surface area contributed by atoms with Crippen LogP contribution in [0.5, 0.6) is 0 Å². The summed E-state index contributed by atoms with van der Waals surface area (Å²) < 4.78 is 29.7. The van der Waals surface area contributed by atoms with Crippen LogP contribution in [0.1, 0.15) is 43.1 Å². The molecule has 1 aliphatic rings. The Bertz CT molecular complexity index is 811. The normalized spacial score (nSPS) is 17.0. The minimum absolute atomic E-state index is 0.181. The van der Waals surface area contributed by atoms with Crippen LogP contribution in [0.4, 0.5) is 0 Å². The molecule has 0 bridgehead atoms. The Hall–Kier alpha value is -1.71. The zero-order valence-electron chi connectivity index (χ0n) is 14.0. The summed E-state index contributed by atoms with van der Waals surface area (Å²) in [5.41, 5.74) is 1.29. The predicted molar refractivity (Wildman–Crippen MR) is 88.6 cm³/mol. The molecule has 24 heavy (non-hydrogen) atoms. The van der Waals surface area contributed by atoms with E-state index in [9.17, 15) is 13.5 Å². The van der Waals surface area contributed by atoms with Crippen LogP contribution in [0.15, 0.2) is 18.5 Å². The zero-order chi connectivity index (χ0) is 17.3. The fourth-order valence-electron chi connectivity index (χ4n) is 2.86. The van der Waals surface area contributed by atoms with E-state index >= 15 is 0 Å². The fourth-order valence-corrected chi connectivity index (χ4v) is 4.46. The van der Waals surface area contributed by atoms with Crippen molar-refractivity contribution in [3.8, 4) is 0 Å². The summed E-state index contributed by atoms with van der Waals surface area (Å²) in [5, 5.41) is 14.9. The van der Waals surface area contributed by atoms with Crippen molar-refractivity contribution >= 4 is 10.0 Å². The number of fused-ring (bicyclic) bond motifs is 1. The molecule has 1 aliphatic heterocycles. The van der Waals surface area contributed by atoms with Gasteiger partial charge in [-0.05, 0) is 12.5 Å². The monoisotopic (exact) mass is 353 g/mol. The van der Waals surface area contributed by atoms with Gasteiger partial charge in [0.2, 0.25) is 10.0 Å². The van der Waals surface area contributed by atoms with Gasteiger partial charge >= 0.3 is 0 Å². The molecule has 0 spiro atoms. The standard InChI is InChI=1S/C15H23N5O3S/c1-3-4-9-24(22,23)19-7-8-20-12(11-19)10-13(17-20)14(21)15-16-5-6-18(15)2/h5-6,10,14,21H,3-4,7-9,11H2,1-2H3/t14-/m1/s1. The number of nitrogens with zero attached hydrogens (tertiary/aromatic N) is 5. The topological polar surface area (TPSA) is 93.2 Å². The summed E-state index contributed by atoms with van der Waals surface area (Å²) in [5.74, 6) is 0.693. The average molecular weight is 353 g/mol. The number of aryl methyl sites for hydroxylation is 1. The third-order valence-electron chi connectivity index (χ3n) is 4.31. The number of imidazole rings is 1. The number of sulfonamides is 1. The van der Waals surface area contributed by atoms with Crippen molar-refractivity contribution in [2.24, 2.45) is 7.05 Å². The second-order valence-corrected chi connectivity index (χ2v) is 8.17. The first-order valence-electron chi connectivity index (χ1n) is 8.12. The summed E-state index contributed by atoms with van der Waals surface area (Å²) in [6.07, 6.45) is 3.98. The molecule has 0 unspecified atom stereocenters. The second kappa shape index (κ2) is 6.66. The molecule has 2 aromatic heterocycles. The van der Waals surface area contributed by atoms with Crippen LogP contribution in [0.3, 0.4) is 0 Å². The third kappa shape index (κ3) is 3.24. The SMILES string of the molecule is CCCCS(=O)(=O)N1CCn2nc([C@@H](O)c3nccn3C)cc2C1. The molecule has 0 fully saturated rings. The molecule has 8 nitrogen and oxygen atoms in total. The Morgan fingerprint density at radius 3 is 2.83 bits per heavy atom. The van der Waals surface area contributed by atoms with E-state index < -0.39 is 16.1 Å². The summed E-state index contributed by atoms with van der Waals surface area (Å²) in [6, 6.07) is 1.76. The largest absolute Gasteiger partial charge is 0.379 e. The van der Waals surface area contributed by atoms with Gasteiger partial charge in [-0.1, -0.05) is 13.3 Å². The van der Waals surface area contributed by atoms with Gasteiger partial charge in [0.15, 0.2) is 6.10 Å². The maximum Gasteiger partial charge on any atom is 0.214 e. The molecule has 9 heteroatoms. The van der Waals surface area contributed by atoms with E-state index in [-0.39, 0.29) is 5.75 Å². The number of rotatable bonds is 6. The molecule has 1 N–H and O–H groups in total. The highest BCUT2D eigenvalue weighted by molar-refractivity contribution is 7.89. The molecule has 0 aromatic carbocycles. The van der Waals surface area contributed by atoms with Crippen molar-refractivity contribution in [2.75, 3.05) is 12.3 Å². The lowest BCUT2D eigenvalue weighted by Crippen LogP contribution is -2.39. The van der Waals surface area contributed by atoms with Gasteiger partial charge in [0.25, 0.3) is 0 Å². The minimum atomic E-state index is -3.24. The Labute approximate surface area is 141 Å². The minimum Gasteiger partial charge on any atom is -0.379 e. The smallest absolute Gasteiger partial charge is 0.214 e. The number of unbranched alkanes of at least 4 members (excludes halogenated alkanes) is 1. The Kier molecular flexibility index (Phi) is 4.75. The Morgan fingerprint density at radius 2 is 2.17 bits per heavy atom. The van der Waals surface area contributed by atoms with E-state index in [0.717, 1.165) is 12.1 Å². The Balaban J connectivity index is 1.79. The van der Waals surface area contributed by atoms with Crippen LogP contribution < -0.4 is 0 Å². The zero-order valence-corrected chi connectivity index (χ0v) is 14.8. The molecule has 0 saturated carbocycles. The van der Waals surface area contributed by atoms with E-state index in [1.54, 1.807) is 27.7 Å². The highest BCUT2D eigenvalue weighted by Crippen LogP contribution is 2.23. The molecule has 2 aromatic rings. The maximum atomic E-state index is 12.4. The van der Waals surface area contributed by atoms with Gasteiger partial charge in [-0.2, -0.15) is 9.40 Å². The lowest BCUT2D eigenvalue weighted by molar-refractivity contribution is 0.200. The van der Waals surface area contributed by atoms with E-state index in [2.05, 4.69) is 10.1 Å². The van der Waals surface area contributed by atoms with Gasteiger partial charge in [-0.25, -0.2) is 13.4 Å². The van der Waals surface area contributed by atoms with Gasteiger partial charge in [-0.3, -0.25) is 4.68 Å². The second-order valence-electron chi connectivity index (χ2n) is 6.09. The van der Waals surface area contributed by atoms with Gasteiger partial charge in [0.05, 0.1) is 30.2 Å². The number of aliphatic hydroxyl groups is 1. The van der Waals surface area contributed by atoms with E-state index in [4.69, 9.17) is 0 Å². The number of aromatic nitrogens is 4. The number of hydrogen-bond acceptors (Lipinski definition) is 5. The van der Waals surface area contributed by atoms with Crippen LogP contribution in [0.25, 0.3) is 0 Å². The van der Waals surface area contributed by atoms with Crippen LogP contribution in [-0.2, 0) is 30.2 Å². The molecular weight excluding hydrogens is 330 g/mol. The van der Waals surface area contributed by atoms with Gasteiger partial charge in [-0.15, -0.1) is 0 Å². The van der Waals surface area contributed by atoms with Crippen molar-refractivity contribution in [1.29, 1.82) is 0 Å². The van der Waals surface area contributed by atoms with Crippen molar-refractivity contribution < 1.29 is 13.5 Å². The predicted octanol–water partition coefficient (Wildman–Crippen LogP) is 0.644. The first kappa shape index (κ1) is 17.1. The molecule has 0 saturated heterocycles. The quantitative estimate of drug-likeness (QED) is 0.823. The van der Waals surface area contributed by atoms with Gasteiger partial charge < -0.3 is 9.67 Å². The first-order chi connectivity index (χ1) is 11.4. The Morgan fingerprint density at radius 1 is 1.38 bits per heavy atom. The highest BCUT2D eigenvalue weighted by Gasteiger charge is 2.29. The molecule has 1 atom stereocenters. The van der Waals surface area contributed by atoms with Crippen molar-refractivity contribution in [3.05, 3.63) is 35.7 Å². The lowest BCUT2D eigenvalue weighted by atomic mass is 10.2. The van der Waals surface area contributed by atoms with Crippen LogP contribution in [0.2, 0.25) is 0 Å². The summed E-state index contributed by atoms with van der Waals surface area (Å²) in [6.45, 7) is 3.19. The van der Waals surface area contributed by atoms with Crippen LogP contribution >= 0.6 is 0 Å². The van der Waals surface area contributed by atoms with E-state index in [0.29, 0.717) is 37.6 Å². The van der Waals surface area contributed by atoms with E-state index in [1.807, 2.05) is 14.0 Å².